The monoisotopic (exact) mass is 489 g/mol. The lowest BCUT2D eigenvalue weighted by molar-refractivity contribution is -0.133. The Labute approximate surface area is 198 Å². The lowest BCUT2D eigenvalue weighted by Gasteiger charge is -2.38. The van der Waals surface area contributed by atoms with Gasteiger partial charge in [-0.05, 0) is 18.6 Å². The number of aliphatic imine (C=N–C) groups is 1. The fourth-order valence-corrected chi connectivity index (χ4v) is 5.52. The van der Waals surface area contributed by atoms with Gasteiger partial charge in [-0.2, -0.15) is 0 Å². The van der Waals surface area contributed by atoms with Crippen LogP contribution in [0.15, 0.2) is 46.0 Å². The number of nitrogens with one attached hydrogen (secondary N) is 1. The van der Waals surface area contributed by atoms with Crippen LogP contribution in [0.5, 0.6) is 0 Å². The summed E-state index contributed by atoms with van der Waals surface area (Å²) in [5, 5.41) is 15.9. The van der Waals surface area contributed by atoms with Gasteiger partial charge in [-0.1, -0.05) is 17.7 Å². The fourth-order valence-electron chi connectivity index (χ4n) is 4.67. The molecule has 5 rings (SSSR count). The first-order valence-corrected chi connectivity index (χ1v) is 11.8. The largest absolute Gasteiger partial charge is 0.478 e. The topological polar surface area (TPSA) is 98.1 Å². The van der Waals surface area contributed by atoms with Gasteiger partial charge < -0.3 is 15.3 Å². The van der Waals surface area contributed by atoms with Crippen molar-refractivity contribution in [1.29, 1.82) is 0 Å². The van der Waals surface area contributed by atoms with E-state index in [2.05, 4.69) is 20.2 Å². The van der Waals surface area contributed by atoms with E-state index in [9.17, 15) is 19.1 Å². The fraction of sp³-hybridized carbons (Fsp3) is 0.364. The van der Waals surface area contributed by atoms with Gasteiger partial charge in [0.05, 0.1) is 5.57 Å². The molecule has 0 spiro atoms. The van der Waals surface area contributed by atoms with E-state index in [1.54, 1.807) is 6.20 Å². The van der Waals surface area contributed by atoms with Gasteiger partial charge in [0, 0.05) is 66.5 Å². The van der Waals surface area contributed by atoms with Crippen LogP contribution in [0.1, 0.15) is 29.5 Å². The highest BCUT2D eigenvalue weighted by atomic mass is 35.5. The summed E-state index contributed by atoms with van der Waals surface area (Å²) < 4.78 is 13.7. The van der Waals surface area contributed by atoms with Crippen LogP contribution in [0.3, 0.4) is 0 Å². The molecule has 2 N–H and O–H groups in total. The van der Waals surface area contributed by atoms with Crippen LogP contribution >= 0.6 is 22.9 Å². The molecule has 0 bridgehead atoms. The number of hydrogen-bond acceptors (Lipinski definition) is 7. The van der Waals surface area contributed by atoms with Gasteiger partial charge in [0.2, 0.25) is 5.91 Å². The number of nitrogens with zero attached hydrogens (tertiary/aromatic N) is 4. The highest BCUT2D eigenvalue weighted by Gasteiger charge is 2.38. The molecule has 11 heteroatoms. The standard InChI is InChI=1S/C22H21ClFN5O3S/c23-15-9-12(24)1-3-14(15)19-18(22(31)32)16(26-20(27-19)21-25-5-8-33-21)11-28-6-7-29-13(10-28)2-4-17(29)30/h1,3,5,8-9,13,19H,2,4,6-7,10-11H2,(H,26,27)(H,31,32)/t13?,19-/m0/s1. The zero-order valence-electron chi connectivity index (χ0n) is 17.5. The maximum absolute atomic E-state index is 13.7. The highest BCUT2D eigenvalue weighted by Crippen LogP contribution is 2.36. The summed E-state index contributed by atoms with van der Waals surface area (Å²) in [5.41, 5.74) is 0.967. The molecule has 4 heterocycles. The second-order valence-corrected chi connectivity index (χ2v) is 9.52. The summed E-state index contributed by atoms with van der Waals surface area (Å²) >= 11 is 7.69. The molecule has 8 nitrogen and oxygen atoms in total. The molecule has 1 amide bonds. The van der Waals surface area contributed by atoms with Crippen LogP contribution in [0.4, 0.5) is 4.39 Å². The number of carbonyl (C=O) groups is 2. The first-order valence-electron chi connectivity index (χ1n) is 10.6. The summed E-state index contributed by atoms with van der Waals surface area (Å²) in [5.74, 6) is -0.999. The average molecular weight is 490 g/mol. The van der Waals surface area contributed by atoms with Gasteiger partial charge in [0.25, 0.3) is 0 Å². The number of carboxylic acid groups (broad SMARTS) is 1. The zero-order valence-corrected chi connectivity index (χ0v) is 19.1. The molecule has 172 valence electrons. The van der Waals surface area contributed by atoms with E-state index >= 15 is 0 Å². The Kier molecular flexibility index (Phi) is 5.90. The van der Waals surface area contributed by atoms with Crippen molar-refractivity contribution in [2.45, 2.75) is 24.9 Å². The molecule has 2 aromatic rings. The quantitative estimate of drug-likeness (QED) is 0.670. The summed E-state index contributed by atoms with van der Waals surface area (Å²) in [6.45, 7) is 2.29. The van der Waals surface area contributed by atoms with E-state index in [1.807, 2.05) is 10.3 Å². The molecule has 33 heavy (non-hydrogen) atoms. The predicted molar refractivity (Wildman–Crippen MR) is 122 cm³/mol. The van der Waals surface area contributed by atoms with Gasteiger partial charge in [-0.15, -0.1) is 11.3 Å². The van der Waals surface area contributed by atoms with Crippen LogP contribution in [0.25, 0.3) is 0 Å². The summed E-state index contributed by atoms with van der Waals surface area (Å²) in [6, 6.07) is 3.11. The van der Waals surface area contributed by atoms with Crippen LogP contribution in [0, 0.1) is 5.82 Å². The number of hydrogen-bond donors (Lipinski definition) is 2. The zero-order chi connectivity index (χ0) is 23.1. The molecule has 2 saturated heterocycles. The van der Waals surface area contributed by atoms with E-state index < -0.39 is 17.8 Å². The second kappa shape index (κ2) is 8.85. The third-order valence-electron chi connectivity index (χ3n) is 6.21. The smallest absolute Gasteiger partial charge is 0.335 e. The number of rotatable bonds is 5. The van der Waals surface area contributed by atoms with Crippen LogP contribution < -0.4 is 5.32 Å². The predicted octanol–water partition coefficient (Wildman–Crippen LogP) is 2.67. The van der Waals surface area contributed by atoms with Crippen molar-refractivity contribution in [1.82, 2.24) is 20.1 Å². The van der Waals surface area contributed by atoms with Crippen LogP contribution in [-0.2, 0) is 9.59 Å². The first-order chi connectivity index (χ1) is 15.9. The molecule has 2 atom stereocenters. The van der Waals surface area contributed by atoms with Gasteiger partial charge >= 0.3 is 5.97 Å². The normalized spacial score (nSPS) is 23.4. The molecule has 1 aromatic carbocycles. The Hall–Kier alpha value is -2.82. The second-order valence-electron chi connectivity index (χ2n) is 8.22. The number of halogens is 2. The Morgan fingerprint density at radius 2 is 2.21 bits per heavy atom. The molecular formula is C22H21ClFN5O3S. The number of amidine groups is 1. The molecule has 1 unspecified atom stereocenters. The van der Waals surface area contributed by atoms with Crippen molar-refractivity contribution in [3.05, 3.63) is 62.5 Å². The maximum Gasteiger partial charge on any atom is 0.335 e. The average Bonchev–Trinajstić information content (AvgIpc) is 3.43. The number of piperazine rings is 1. The number of amides is 1. The van der Waals surface area contributed by atoms with Crippen molar-refractivity contribution >= 4 is 40.6 Å². The van der Waals surface area contributed by atoms with Gasteiger partial charge in [-0.3, -0.25) is 14.7 Å². The minimum absolute atomic E-state index is 0.0637. The Bertz CT molecular complexity index is 1170. The summed E-state index contributed by atoms with van der Waals surface area (Å²) in [6.07, 6.45) is 3.02. The lowest BCUT2D eigenvalue weighted by Crippen LogP contribution is -2.52. The van der Waals surface area contributed by atoms with Crippen molar-refractivity contribution in [3.63, 3.8) is 0 Å². The maximum atomic E-state index is 13.7. The number of carboxylic acids is 1. The number of benzene rings is 1. The third-order valence-corrected chi connectivity index (χ3v) is 7.32. The minimum atomic E-state index is -1.13. The van der Waals surface area contributed by atoms with Crippen LogP contribution in [-0.4, -0.2) is 69.8 Å². The van der Waals surface area contributed by atoms with Crippen molar-refractivity contribution in [2.75, 3.05) is 26.2 Å². The van der Waals surface area contributed by atoms with E-state index in [4.69, 9.17) is 11.6 Å². The Balaban J connectivity index is 1.52. The molecule has 3 aliphatic rings. The first kappa shape index (κ1) is 22.0. The molecule has 2 fully saturated rings. The number of aromatic nitrogens is 1. The third kappa shape index (κ3) is 4.25. The van der Waals surface area contributed by atoms with E-state index in [1.165, 1.54) is 23.5 Å². The highest BCUT2D eigenvalue weighted by molar-refractivity contribution is 7.11. The molecule has 1 aromatic heterocycles. The van der Waals surface area contributed by atoms with Gasteiger partial charge in [-0.25, -0.2) is 14.2 Å². The van der Waals surface area contributed by atoms with E-state index in [0.29, 0.717) is 54.7 Å². The lowest BCUT2D eigenvalue weighted by atomic mass is 9.95. The molecule has 0 radical (unpaired) electrons. The number of thiazole rings is 1. The Morgan fingerprint density at radius 3 is 2.94 bits per heavy atom. The van der Waals surface area contributed by atoms with Gasteiger partial charge in [0.1, 0.15) is 11.9 Å². The summed E-state index contributed by atoms with van der Waals surface area (Å²) in [4.78, 5) is 37.5. The van der Waals surface area contributed by atoms with Crippen molar-refractivity contribution in [3.8, 4) is 0 Å². The molecule has 0 saturated carbocycles. The SMILES string of the molecule is O=C(O)C1=C(CN2CCN3C(=O)CCC3C2)NC(c2nccs2)=N[C@H]1c1ccc(F)cc1Cl. The number of fused-ring (bicyclic) bond motifs is 1. The van der Waals surface area contributed by atoms with E-state index in [-0.39, 0.29) is 22.5 Å². The number of aliphatic carboxylic acids is 1. The minimum Gasteiger partial charge on any atom is -0.478 e. The molecular weight excluding hydrogens is 469 g/mol. The summed E-state index contributed by atoms with van der Waals surface area (Å²) in [7, 11) is 0. The molecule has 0 aliphatic carbocycles. The Morgan fingerprint density at radius 1 is 1.36 bits per heavy atom. The number of carbonyl (C=O) groups excluding carboxylic acids is 1. The van der Waals surface area contributed by atoms with Gasteiger partial charge in [0.15, 0.2) is 10.8 Å². The molecule has 3 aliphatic heterocycles. The van der Waals surface area contributed by atoms with E-state index in [0.717, 1.165) is 12.5 Å². The van der Waals surface area contributed by atoms with Crippen molar-refractivity contribution < 1.29 is 19.1 Å². The van der Waals surface area contributed by atoms with Crippen LogP contribution in [0.2, 0.25) is 5.02 Å². The van der Waals surface area contributed by atoms with Crippen molar-refractivity contribution in [2.24, 2.45) is 4.99 Å².